The molecule has 0 spiro atoms. The topological polar surface area (TPSA) is 119 Å². The van der Waals surface area contributed by atoms with Gasteiger partial charge in [-0.25, -0.2) is 18.4 Å². The number of nitrogens with zero attached hydrogens (tertiary/aromatic N) is 1. The van der Waals surface area contributed by atoms with Crippen LogP contribution in [0.15, 0.2) is 0 Å². The maximum absolute atomic E-state index is 11.8. The van der Waals surface area contributed by atoms with Gasteiger partial charge in [-0.3, -0.25) is 4.79 Å². The van der Waals surface area contributed by atoms with E-state index >= 15 is 0 Å². The van der Waals surface area contributed by atoms with Crippen LogP contribution in [-0.4, -0.2) is 67.8 Å². The average molecular weight is 414 g/mol. The van der Waals surface area contributed by atoms with Gasteiger partial charge in [-0.1, -0.05) is 21.6 Å². The molecule has 11 heteroatoms. The van der Waals surface area contributed by atoms with Gasteiger partial charge in [-0.05, 0) is 20.8 Å². The van der Waals surface area contributed by atoms with Gasteiger partial charge in [-0.15, -0.1) is 0 Å². The Kier molecular flexibility index (Phi) is 8.85. The highest BCUT2D eigenvalue weighted by Gasteiger charge is 2.31. The quantitative estimate of drug-likeness (QED) is 0.428. The Bertz CT molecular complexity index is 563. The fourth-order valence-electron chi connectivity index (χ4n) is 2.28. The highest BCUT2D eigenvalue weighted by molar-refractivity contribution is 8.76. The number of sulfonamides is 1. The molecule has 1 unspecified atom stereocenters. The first-order valence-electron chi connectivity index (χ1n) is 7.96. The number of carbonyl (C=O) groups excluding carboxylic acids is 2. The molecule has 25 heavy (non-hydrogen) atoms. The zero-order valence-electron chi connectivity index (χ0n) is 14.8. The highest BCUT2D eigenvalue weighted by Crippen LogP contribution is 2.23. The first kappa shape index (κ1) is 22.4. The van der Waals surface area contributed by atoms with Gasteiger partial charge in [0.2, 0.25) is 15.9 Å². The summed E-state index contributed by atoms with van der Waals surface area (Å²) in [4.78, 5) is 25.0. The van der Waals surface area contributed by atoms with Crippen LogP contribution < -0.4 is 10.5 Å². The predicted octanol–water partition coefficient (Wildman–Crippen LogP) is 1.03. The number of carbonyl (C=O) groups is 2. The molecule has 0 aromatic heterocycles. The third kappa shape index (κ3) is 10.8. The number of hydrogen-bond acceptors (Lipinski definition) is 7. The summed E-state index contributed by atoms with van der Waals surface area (Å²) in [5, 5.41) is 7.70. The van der Waals surface area contributed by atoms with Crippen molar-refractivity contribution in [2.45, 2.75) is 32.8 Å². The Balaban J connectivity index is 2.08. The largest absolute Gasteiger partial charge is 0.444 e. The number of nitrogens with two attached hydrogens (primary N) is 1. The summed E-state index contributed by atoms with van der Waals surface area (Å²) in [5.41, 5.74) is -0.505. The third-order valence-electron chi connectivity index (χ3n) is 3.14. The van der Waals surface area contributed by atoms with Crippen LogP contribution in [0, 0.1) is 5.92 Å². The number of nitrogens with one attached hydrogen (secondary N) is 1. The van der Waals surface area contributed by atoms with E-state index in [-0.39, 0.29) is 24.0 Å². The Labute approximate surface area is 157 Å². The van der Waals surface area contributed by atoms with Crippen molar-refractivity contribution >= 4 is 43.6 Å². The van der Waals surface area contributed by atoms with E-state index in [9.17, 15) is 18.0 Å². The van der Waals surface area contributed by atoms with Crippen LogP contribution in [-0.2, 0) is 19.6 Å². The summed E-state index contributed by atoms with van der Waals surface area (Å²) < 4.78 is 27.3. The summed E-state index contributed by atoms with van der Waals surface area (Å²) >= 11 is 0. The van der Waals surface area contributed by atoms with E-state index in [4.69, 9.17) is 9.88 Å². The van der Waals surface area contributed by atoms with E-state index in [0.717, 1.165) is 11.5 Å². The number of ether oxygens (including phenoxy) is 1. The van der Waals surface area contributed by atoms with Gasteiger partial charge < -0.3 is 15.0 Å². The molecular formula is C14H27N3O5S3. The molecule has 3 N–H and O–H groups in total. The Morgan fingerprint density at radius 1 is 1.36 bits per heavy atom. The molecule has 1 saturated heterocycles. The zero-order chi connectivity index (χ0) is 19.1. The molecule has 1 aliphatic rings. The van der Waals surface area contributed by atoms with E-state index < -0.39 is 21.7 Å². The van der Waals surface area contributed by atoms with Crippen molar-refractivity contribution in [3.05, 3.63) is 0 Å². The second-order valence-electron chi connectivity index (χ2n) is 6.81. The van der Waals surface area contributed by atoms with Crippen molar-refractivity contribution in [3.8, 4) is 0 Å². The van der Waals surface area contributed by atoms with Crippen LogP contribution >= 0.6 is 21.6 Å². The highest BCUT2D eigenvalue weighted by atomic mass is 33.1. The Morgan fingerprint density at radius 2 is 2.00 bits per heavy atom. The normalized spacial score (nSPS) is 18.5. The molecule has 1 aliphatic heterocycles. The van der Waals surface area contributed by atoms with Crippen LogP contribution in [0.4, 0.5) is 4.79 Å². The smallest absolute Gasteiger partial charge is 0.407 e. The molecule has 0 bridgehead atoms. The number of likely N-dealkylation sites (tertiary alicyclic amines) is 1. The summed E-state index contributed by atoms with van der Waals surface area (Å²) in [6.45, 7) is 6.96. The molecule has 1 atom stereocenters. The molecule has 0 radical (unpaired) electrons. The van der Waals surface area contributed by atoms with E-state index in [1.807, 2.05) is 20.8 Å². The van der Waals surface area contributed by atoms with Gasteiger partial charge in [0.15, 0.2) is 0 Å². The van der Waals surface area contributed by atoms with Crippen molar-refractivity contribution in [2.24, 2.45) is 11.1 Å². The first-order valence-corrected chi connectivity index (χ1v) is 12.2. The predicted molar refractivity (Wildman–Crippen MR) is 102 cm³/mol. The van der Waals surface area contributed by atoms with Gasteiger partial charge in [0.25, 0.3) is 0 Å². The van der Waals surface area contributed by atoms with Crippen LogP contribution in [0.1, 0.15) is 27.2 Å². The molecule has 1 fully saturated rings. The monoisotopic (exact) mass is 413 g/mol. The number of rotatable bonds is 9. The minimum absolute atomic E-state index is 0.0224. The van der Waals surface area contributed by atoms with E-state index in [2.05, 4.69) is 5.32 Å². The summed E-state index contributed by atoms with van der Waals surface area (Å²) in [6.07, 6.45) is -0.185. The molecule has 1 rings (SSSR count). The van der Waals surface area contributed by atoms with Gasteiger partial charge >= 0.3 is 6.09 Å². The number of primary sulfonamides is 1. The summed E-state index contributed by atoms with van der Waals surface area (Å²) in [5.74, 6) is 1.09. The lowest BCUT2D eigenvalue weighted by molar-refractivity contribution is -0.127. The van der Waals surface area contributed by atoms with E-state index in [1.165, 1.54) is 0 Å². The van der Waals surface area contributed by atoms with Crippen LogP contribution in [0.5, 0.6) is 0 Å². The Hall–Kier alpha value is -0.650. The number of alkyl carbamates (subject to hydrolysis) is 1. The molecule has 0 aromatic carbocycles. The van der Waals surface area contributed by atoms with E-state index in [0.29, 0.717) is 19.6 Å². The van der Waals surface area contributed by atoms with Gasteiger partial charge in [0.1, 0.15) is 5.60 Å². The Morgan fingerprint density at radius 3 is 2.60 bits per heavy atom. The number of amides is 2. The lowest BCUT2D eigenvalue weighted by atomic mass is 10.1. The molecule has 2 amide bonds. The van der Waals surface area contributed by atoms with E-state index in [1.54, 1.807) is 26.5 Å². The minimum atomic E-state index is -3.54. The zero-order valence-corrected chi connectivity index (χ0v) is 17.3. The lowest BCUT2D eigenvalue weighted by Gasteiger charge is -2.19. The van der Waals surface area contributed by atoms with Gasteiger partial charge in [-0.2, -0.15) is 0 Å². The maximum atomic E-state index is 11.8. The van der Waals surface area contributed by atoms with Crippen molar-refractivity contribution in [3.63, 3.8) is 0 Å². The van der Waals surface area contributed by atoms with Gasteiger partial charge in [0, 0.05) is 43.5 Å². The third-order valence-corrected chi connectivity index (χ3v) is 6.47. The molecule has 1 heterocycles. The van der Waals surface area contributed by atoms with Crippen molar-refractivity contribution in [2.75, 3.05) is 36.9 Å². The molecule has 0 aromatic rings. The van der Waals surface area contributed by atoms with Crippen molar-refractivity contribution in [1.82, 2.24) is 10.2 Å². The van der Waals surface area contributed by atoms with Crippen LogP contribution in [0.2, 0.25) is 0 Å². The summed E-state index contributed by atoms with van der Waals surface area (Å²) in [6, 6.07) is 0. The van der Waals surface area contributed by atoms with Crippen LogP contribution in [0.3, 0.4) is 0 Å². The first-order chi connectivity index (χ1) is 11.5. The lowest BCUT2D eigenvalue weighted by Crippen LogP contribution is -2.33. The fourth-order valence-corrected chi connectivity index (χ4v) is 5.06. The van der Waals surface area contributed by atoms with Crippen molar-refractivity contribution < 1.29 is 22.7 Å². The molecular weight excluding hydrogens is 386 g/mol. The molecule has 8 nitrogen and oxygen atoms in total. The minimum Gasteiger partial charge on any atom is -0.444 e. The maximum Gasteiger partial charge on any atom is 0.407 e. The number of hydrogen-bond donors (Lipinski definition) is 2. The second kappa shape index (κ2) is 9.89. The second-order valence-corrected chi connectivity index (χ2v) is 11.2. The van der Waals surface area contributed by atoms with Crippen LogP contribution in [0.25, 0.3) is 0 Å². The standard InChI is InChI=1S/C14H27N3O5S3/c1-14(2,3)22-13(19)16-4-6-23-24-7-5-17-9-11(8-12(17)18)10-25(15,20)21/h11H,4-10H2,1-3H3,(H,16,19)(H2,15,20,21). The SMILES string of the molecule is CC(C)(C)OC(=O)NCCSSCCN1CC(CS(N)(=O)=O)CC1=O. The van der Waals surface area contributed by atoms with Crippen molar-refractivity contribution in [1.29, 1.82) is 0 Å². The molecule has 0 aliphatic carbocycles. The molecule has 146 valence electrons. The fraction of sp³-hybridized carbons (Fsp3) is 0.857. The average Bonchev–Trinajstić information content (AvgIpc) is 2.73. The van der Waals surface area contributed by atoms with Gasteiger partial charge in [0.05, 0.1) is 5.75 Å². The molecule has 0 saturated carbocycles. The summed E-state index contributed by atoms with van der Waals surface area (Å²) in [7, 11) is -0.331.